The normalized spacial score (nSPS) is 12.0. The highest BCUT2D eigenvalue weighted by atomic mass is 35.5. The molecule has 7 nitrogen and oxygen atoms in total. The van der Waals surface area contributed by atoms with E-state index < -0.39 is 16.1 Å². The van der Waals surface area contributed by atoms with Crippen LogP contribution in [-0.2, 0) is 32.6 Å². The molecule has 0 radical (unpaired) electrons. The van der Waals surface area contributed by atoms with Gasteiger partial charge in [-0.05, 0) is 54.8 Å². The van der Waals surface area contributed by atoms with Crippen molar-refractivity contribution in [3.8, 4) is 0 Å². The van der Waals surface area contributed by atoms with E-state index in [1.165, 1.54) is 4.31 Å². The van der Waals surface area contributed by atoms with Crippen LogP contribution in [0.2, 0.25) is 10.0 Å². The molecule has 0 bridgehead atoms. The van der Waals surface area contributed by atoms with Gasteiger partial charge in [-0.15, -0.1) is 0 Å². The van der Waals surface area contributed by atoms with Gasteiger partial charge in [-0.3, -0.25) is 13.9 Å². The van der Waals surface area contributed by atoms with E-state index in [-0.39, 0.29) is 37.7 Å². The Morgan fingerprint density at radius 2 is 1.59 bits per heavy atom. The summed E-state index contributed by atoms with van der Waals surface area (Å²) in [4.78, 5) is 28.5. The number of hydrogen-bond acceptors (Lipinski definition) is 4. The third-order valence-electron chi connectivity index (χ3n) is 6.14. The lowest BCUT2D eigenvalue weighted by atomic mass is 10.0. The molecule has 0 saturated carbocycles. The molecule has 10 heteroatoms. The van der Waals surface area contributed by atoms with E-state index in [1.807, 2.05) is 49.4 Å². The van der Waals surface area contributed by atoms with Gasteiger partial charge < -0.3 is 10.2 Å². The molecule has 39 heavy (non-hydrogen) atoms. The van der Waals surface area contributed by atoms with Crippen LogP contribution in [0.25, 0.3) is 0 Å². The van der Waals surface area contributed by atoms with Crippen LogP contribution in [0.4, 0.5) is 5.69 Å². The number of hydrogen-bond donors (Lipinski definition) is 1. The van der Waals surface area contributed by atoms with Gasteiger partial charge in [0.15, 0.2) is 0 Å². The van der Waals surface area contributed by atoms with E-state index in [0.717, 1.165) is 17.4 Å². The average Bonchev–Trinajstić information content (AvgIpc) is 2.89. The van der Waals surface area contributed by atoms with Crippen LogP contribution >= 0.6 is 23.2 Å². The van der Waals surface area contributed by atoms with Crippen molar-refractivity contribution in [1.82, 2.24) is 10.2 Å². The number of amides is 2. The van der Waals surface area contributed by atoms with E-state index >= 15 is 0 Å². The third kappa shape index (κ3) is 9.27. The maximum Gasteiger partial charge on any atom is 0.243 e. The largest absolute Gasteiger partial charge is 0.355 e. The lowest BCUT2D eigenvalue weighted by Gasteiger charge is -2.32. The van der Waals surface area contributed by atoms with Crippen molar-refractivity contribution in [2.75, 3.05) is 23.7 Å². The molecule has 0 spiro atoms. The Morgan fingerprint density at radius 1 is 0.897 bits per heavy atom. The summed E-state index contributed by atoms with van der Waals surface area (Å²) in [5, 5.41) is 3.85. The Morgan fingerprint density at radius 3 is 2.21 bits per heavy atom. The summed E-state index contributed by atoms with van der Waals surface area (Å²) in [5.41, 5.74) is 2.18. The van der Waals surface area contributed by atoms with Crippen LogP contribution in [0, 0.1) is 0 Å². The van der Waals surface area contributed by atoms with E-state index in [4.69, 9.17) is 23.2 Å². The van der Waals surface area contributed by atoms with Gasteiger partial charge in [0.1, 0.15) is 6.04 Å². The van der Waals surface area contributed by atoms with E-state index in [1.54, 1.807) is 41.3 Å². The smallest absolute Gasteiger partial charge is 0.243 e. The number of likely N-dealkylation sites (N-methyl/N-ethyl adjacent to an activating group) is 1. The van der Waals surface area contributed by atoms with Crippen LogP contribution in [0.5, 0.6) is 0 Å². The highest BCUT2D eigenvalue weighted by molar-refractivity contribution is 7.92. The second kappa shape index (κ2) is 14.4. The first-order valence-corrected chi connectivity index (χ1v) is 15.3. The maximum absolute atomic E-state index is 13.7. The highest BCUT2D eigenvalue weighted by Gasteiger charge is 2.30. The highest BCUT2D eigenvalue weighted by Crippen LogP contribution is 2.23. The number of carbonyl (C=O) groups excluding carboxylic acids is 2. The van der Waals surface area contributed by atoms with Crippen molar-refractivity contribution in [1.29, 1.82) is 0 Å². The SMILES string of the molecule is CCNC(=O)C(Cc1ccccc1)N(Cc1ccc(Cl)cc1)C(=O)CCCN(c1cccc(Cl)c1)S(C)(=O)=O. The average molecular weight is 591 g/mol. The van der Waals surface area contributed by atoms with Crippen molar-refractivity contribution in [2.24, 2.45) is 0 Å². The Labute approximate surface area is 240 Å². The van der Waals surface area contributed by atoms with Crippen molar-refractivity contribution in [3.05, 3.63) is 100 Å². The van der Waals surface area contributed by atoms with Crippen molar-refractivity contribution in [2.45, 2.75) is 38.8 Å². The summed E-state index contributed by atoms with van der Waals surface area (Å²) in [6.45, 7) is 2.55. The monoisotopic (exact) mass is 589 g/mol. The minimum Gasteiger partial charge on any atom is -0.355 e. The lowest BCUT2D eigenvalue weighted by Crippen LogP contribution is -2.50. The zero-order chi connectivity index (χ0) is 28.4. The minimum atomic E-state index is -3.61. The Bertz CT molecular complexity index is 1350. The van der Waals surface area contributed by atoms with Gasteiger partial charge >= 0.3 is 0 Å². The summed E-state index contributed by atoms with van der Waals surface area (Å²) < 4.78 is 26.3. The Hall–Kier alpha value is -3.07. The summed E-state index contributed by atoms with van der Waals surface area (Å²) >= 11 is 12.1. The molecule has 0 aromatic heterocycles. The molecule has 208 valence electrons. The van der Waals surface area contributed by atoms with E-state index in [2.05, 4.69) is 5.32 Å². The second-order valence-electron chi connectivity index (χ2n) is 9.17. The first-order valence-electron chi connectivity index (χ1n) is 12.7. The molecule has 0 heterocycles. The van der Waals surface area contributed by atoms with Crippen LogP contribution < -0.4 is 9.62 Å². The van der Waals surface area contributed by atoms with E-state index in [0.29, 0.717) is 28.7 Å². The fourth-order valence-corrected chi connectivity index (χ4v) is 5.54. The number of sulfonamides is 1. The molecule has 0 aliphatic carbocycles. The lowest BCUT2D eigenvalue weighted by molar-refractivity contribution is -0.141. The number of nitrogens with one attached hydrogen (secondary N) is 1. The minimum absolute atomic E-state index is 0.0465. The molecular formula is C29H33Cl2N3O4S. The third-order valence-corrected chi connectivity index (χ3v) is 7.82. The number of carbonyl (C=O) groups is 2. The van der Waals surface area contributed by atoms with Gasteiger partial charge in [0.25, 0.3) is 0 Å². The number of anilines is 1. The molecule has 3 aromatic rings. The molecule has 2 amide bonds. The van der Waals surface area contributed by atoms with Crippen molar-refractivity contribution in [3.63, 3.8) is 0 Å². The zero-order valence-electron chi connectivity index (χ0n) is 22.0. The molecule has 3 rings (SSSR count). The number of halogens is 2. The molecule has 0 saturated heterocycles. The van der Waals surface area contributed by atoms with Crippen LogP contribution in [-0.4, -0.2) is 50.5 Å². The quantitative estimate of drug-likeness (QED) is 0.292. The fourth-order valence-electron chi connectivity index (χ4n) is 4.27. The summed E-state index contributed by atoms with van der Waals surface area (Å²) in [6.07, 6.45) is 1.76. The van der Waals surface area contributed by atoms with E-state index in [9.17, 15) is 18.0 Å². The molecule has 1 N–H and O–H groups in total. The van der Waals surface area contributed by atoms with Gasteiger partial charge in [-0.2, -0.15) is 0 Å². The predicted molar refractivity (Wildman–Crippen MR) is 157 cm³/mol. The molecule has 1 atom stereocenters. The number of rotatable bonds is 13. The molecule has 0 aliphatic rings. The Balaban J connectivity index is 1.85. The van der Waals surface area contributed by atoms with Gasteiger partial charge in [0.2, 0.25) is 21.8 Å². The fraction of sp³-hybridized carbons (Fsp3) is 0.310. The zero-order valence-corrected chi connectivity index (χ0v) is 24.3. The molecular weight excluding hydrogens is 557 g/mol. The first-order chi connectivity index (χ1) is 18.6. The topological polar surface area (TPSA) is 86.8 Å². The number of nitrogens with zero attached hydrogens (tertiary/aromatic N) is 2. The Kier molecular flexibility index (Phi) is 11.2. The van der Waals surface area contributed by atoms with Gasteiger partial charge in [-0.25, -0.2) is 8.42 Å². The van der Waals surface area contributed by atoms with Crippen LogP contribution in [0.1, 0.15) is 30.9 Å². The molecule has 0 aliphatic heterocycles. The van der Waals surface area contributed by atoms with Gasteiger partial charge in [0, 0.05) is 42.5 Å². The standard InChI is InChI=1S/C29H33Cl2N3O4S/c1-3-32-29(36)27(19-22-9-5-4-6-10-22)33(21-23-14-16-24(30)17-15-23)28(35)13-8-18-34(39(2,37)38)26-12-7-11-25(31)20-26/h4-7,9-12,14-17,20,27H,3,8,13,18-19,21H2,1-2H3,(H,32,36). The molecule has 1 unspecified atom stereocenters. The maximum atomic E-state index is 13.7. The van der Waals surface area contributed by atoms with Crippen LogP contribution in [0.15, 0.2) is 78.9 Å². The summed E-state index contributed by atoms with van der Waals surface area (Å²) in [7, 11) is -3.61. The number of benzene rings is 3. The molecule has 3 aromatic carbocycles. The van der Waals surface area contributed by atoms with Gasteiger partial charge in [-0.1, -0.05) is 71.7 Å². The molecule has 0 fully saturated rings. The predicted octanol–water partition coefficient (Wildman–Crippen LogP) is 5.32. The first kappa shape index (κ1) is 30.5. The second-order valence-corrected chi connectivity index (χ2v) is 11.9. The summed E-state index contributed by atoms with van der Waals surface area (Å²) in [6, 6.07) is 22.5. The van der Waals surface area contributed by atoms with Crippen molar-refractivity contribution < 1.29 is 18.0 Å². The van der Waals surface area contributed by atoms with Crippen molar-refractivity contribution >= 4 is 50.7 Å². The summed E-state index contributed by atoms with van der Waals surface area (Å²) in [5.74, 6) is -0.503. The van der Waals surface area contributed by atoms with Gasteiger partial charge in [0.05, 0.1) is 11.9 Å². The van der Waals surface area contributed by atoms with Crippen LogP contribution in [0.3, 0.4) is 0 Å².